The molecule has 2 aromatic carbocycles. The summed E-state index contributed by atoms with van der Waals surface area (Å²) < 4.78 is 20.1. The molecule has 0 aliphatic heterocycles. The van der Waals surface area contributed by atoms with E-state index in [-0.39, 0.29) is 17.6 Å². The predicted molar refractivity (Wildman–Crippen MR) is 89.5 cm³/mol. The van der Waals surface area contributed by atoms with E-state index in [1.54, 1.807) is 30.0 Å². The van der Waals surface area contributed by atoms with Gasteiger partial charge in [0.25, 0.3) is 0 Å². The van der Waals surface area contributed by atoms with Crippen molar-refractivity contribution in [1.29, 1.82) is 0 Å². The second-order valence-corrected chi connectivity index (χ2v) is 6.68. The van der Waals surface area contributed by atoms with Gasteiger partial charge in [0.05, 0.1) is 7.11 Å². The zero-order valence-electron chi connectivity index (χ0n) is 11.7. The fourth-order valence-electron chi connectivity index (χ4n) is 1.97. The van der Waals surface area contributed by atoms with Gasteiger partial charge in [-0.1, -0.05) is 34.1 Å². The molecule has 0 amide bonds. The third-order valence-electron chi connectivity index (χ3n) is 3.01. The molecule has 2 nitrogen and oxygen atoms in total. The minimum Gasteiger partial charge on any atom is -0.494 e. The molecule has 0 radical (unpaired) electrons. The van der Waals surface area contributed by atoms with Gasteiger partial charge in [0, 0.05) is 21.2 Å². The van der Waals surface area contributed by atoms with Crippen molar-refractivity contribution >= 4 is 27.7 Å². The van der Waals surface area contributed by atoms with E-state index in [9.17, 15) is 4.39 Å². The first-order valence-electron chi connectivity index (χ1n) is 6.55. The van der Waals surface area contributed by atoms with Crippen molar-refractivity contribution in [2.45, 2.75) is 17.4 Å². The summed E-state index contributed by atoms with van der Waals surface area (Å²) in [5.41, 5.74) is 6.71. The van der Waals surface area contributed by atoms with Crippen molar-refractivity contribution < 1.29 is 9.13 Å². The predicted octanol–water partition coefficient (Wildman–Crippen LogP) is 4.26. The maximum Gasteiger partial charge on any atom is 0.168 e. The number of rotatable bonds is 6. The highest BCUT2D eigenvalue weighted by Gasteiger charge is 2.12. The van der Waals surface area contributed by atoms with Gasteiger partial charge in [-0.25, -0.2) is 4.39 Å². The van der Waals surface area contributed by atoms with Crippen LogP contribution in [0.2, 0.25) is 0 Å². The molecule has 0 aliphatic rings. The third kappa shape index (κ3) is 4.73. The molecule has 1 unspecified atom stereocenters. The third-order valence-corrected chi connectivity index (χ3v) is 4.68. The molecule has 2 rings (SSSR count). The lowest BCUT2D eigenvalue weighted by Crippen LogP contribution is -2.26. The maximum absolute atomic E-state index is 14.1. The molecule has 0 heterocycles. The summed E-state index contributed by atoms with van der Waals surface area (Å²) in [5.74, 6) is 0.676. The lowest BCUT2D eigenvalue weighted by Gasteiger charge is -2.13. The zero-order valence-corrected chi connectivity index (χ0v) is 14.1. The van der Waals surface area contributed by atoms with E-state index in [4.69, 9.17) is 10.5 Å². The van der Waals surface area contributed by atoms with Crippen molar-refractivity contribution in [1.82, 2.24) is 0 Å². The molecule has 2 N–H and O–H groups in total. The summed E-state index contributed by atoms with van der Waals surface area (Å²) in [6.07, 6.45) is 0.490. The number of nitrogens with two attached hydrogens (primary N) is 1. The molecular formula is C16H17BrFNOS. The Morgan fingerprint density at radius 3 is 2.76 bits per heavy atom. The second kappa shape index (κ2) is 7.82. The Bertz CT molecular complexity index is 609. The van der Waals surface area contributed by atoms with E-state index in [1.807, 2.05) is 24.3 Å². The van der Waals surface area contributed by atoms with Crippen molar-refractivity contribution in [3.63, 3.8) is 0 Å². The maximum atomic E-state index is 14.1. The lowest BCUT2D eigenvalue weighted by molar-refractivity contribution is 0.383. The standard InChI is InChI=1S/C16H17BrFNOS/c1-20-15-7-2-4-11(16(15)18)8-13(19)10-21-14-6-3-5-12(17)9-14/h2-7,9,13H,8,10,19H2,1H3. The number of thioether (sulfide) groups is 1. The Labute approximate surface area is 137 Å². The fraction of sp³-hybridized carbons (Fsp3) is 0.250. The van der Waals surface area contributed by atoms with Crippen LogP contribution in [0.3, 0.4) is 0 Å². The largest absolute Gasteiger partial charge is 0.494 e. The number of halogens is 2. The molecule has 0 bridgehead atoms. The first kappa shape index (κ1) is 16.3. The smallest absolute Gasteiger partial charge is 0.168 e. The molecule has 1 atom stereocenters. The minimum atomic E-state index is -0.317. The monoisotopic (exact) mass is 369 g/mol. The van der Waals surface area contributed by atoms with Gasteiger partial charge in [-0.2, -0.15) is 0 Å². The highest BCUT2D eigenvalue weighted by atomic mass is 79.9. The van der Waals surface area contributed by atoms with Crippen LogP contribution in [0.5, 0.6) is 5.75 Å². The Morgan fingerprint density at radius 1 is 1.29 bits per heavy atom. The number of hydrogen-bond donors (Lipinski definition) is 1. The van der Waals surface area contributed by atoms with Gasteiger partial charge in [-0.15, -0.1) is 11.8 Å². The number of methoxy groups -OCH3 is 1. The SMILES string of the molecule is COc1cccc(CC(N)CSc2cccc(Br)c2)c1F. The zero-order chi connectivity index (χ0) is 15.2. The molecule has 0 spiro atoms. The topological polar surface area (TPSA) is 35.2 Å². The molecule has 0 aliphatic carbocycles. The average Bonchev–Trinajstić information content (AvgIpc) is 2.47. The van der Waals surface area contributed by atoms with E-state index in [1.165, 1.54) is 7.11 Å². The molecule has 5 heteroatoms. The van der Waals surface area contributed by atoms with E-state index < -0.39 is 0 Å². The van der Waals surface area contributed by atoms with Crippen LogP contribution in [0.25, 0.3) is 0 Å². The normalized spacial score (nSPS) is 12.2. The van der Waals surface area contributed by atoms with Crippen LogP contribution in [0.4, 0.5) is 4.39 Å². The number of hydrogen-bond acceptors (Lipinski definition) is 3. The summed E-state index contributed by atoms with van der Waals surface area (Å²) in [6, 6.07) is 13.1. The summed E-state index contributed by atoms with van der Waals surface area (Å²) in [5, 5.41) is 0. The minimum absolute atomic E-state index is 0.115. The number of ether oxygens (including phenoxy) is 1. The van der Waals surface area contributed by atoms with Gasteiger partial charge in [0.15, 0.2) is 11.6 Å². The number of benzene rings is 2. The van der Waals surface area contributed by atoms with E-state index in [2.05, 4.69) is 15.9 Å². The Morgan fingerprint density at radius 2 is 2.05 bits per heavy atom. The van der Waals surface area contributed by atoms with Crippen LogP contribution in [-0.4, -0.2) is 18.9 Å². The molecule has 0 saturated heterocycles. The highest BCUT2D eigenvalue weighted by Crippen LogP contribution is 2.24. The molecule has 21 heavy (non-hydrogen) atoms. The van der Waals surface area contributed by atoms with Crippen molar-refractivity contribution in [2.24, 2.45) is 5.73 Å². The Hall–Kier alpha value is -1.04. The molecule has 0 fully saturated rings. The molecular weight excluding hydrogens is 353 g/mol. The summed E-state index contributed by atoms with van der Waals surface area (Å²) in [6.45, 7) is 0. The summed E-state index contributed by atoms with van der Waals surface area (Å²) >= 11 is 5.11. The van der Waals surface area contributed by atoms with E-state index in [0.29, 0.717) is 12.0 Å². The van der Waals surface area contributed by atoms with Crippen LogP contribution in [0.1, 0.15) is 5.56 Å². The first-order valence-corrected chi connectivity index (χ1v) is 8.33. The lowest BCUT2D eigenvalue weighted by atomic mass is 10.1. The van der Waals surface area contributed by atoms with Crippen molar-refractivity contribution in [2.75, 3.05) is 12.9 Å². The van der Waals surface area contributed by atoms with Gasteiger partial charge < -0.3 is 10.5 Å². The summed E-state index contributed by atoms with van der Waals surface area (Å²) in [7, 11) is 1.46. The van der Waals surface area contributed by atoms with Gasteiger partial charge in [0.2, 0.25) is 0 Å². The molecule has 0 saturated carbocycles. The van der Waals surface area contributed by atoms with Gasteiger partial charge in [-0.05, 0) is 36.2 Å². The van der Waals surface area contributed by atoms with Crippen molar-refractivity contribution in [3.05, 3.63) is 58.3 Å². The van der Waals surface area contributed by atoms with Crippen LogP contribution in [0, 0.1) is 5.82 Å². The van der Waals surface area contributed by atoms with Crippen LogP contribution in [-0.2, 0) is 6.42 Å². The highest BCUT2D eigenvalue weighted by molar-refractivity contribution is 9.10. The molecule has 0 aromatic heterocycles. The van der Waals surface area contributed by atoms with Crippen LogP contribution >= 0.6 is 27.7 Å². The first-order chi connectivity index (χ1) is 10.1. The average molecular weight is 370 g/mol. The molecule has 112 valence electrons. The Kier molecular flexibility index (Phi) is 6.08. The quantitative estimate of drug-likeness (QED) is 0.772. The van der Waals surface area contributed by atoms with Gasteiger partial charge in [-0.3, -0.25) is 0 Å². The fourth-order valence-corrected chi connectivity index (χ4v) is 3.43. The molecule has 2 aromatic rings. The van der Waals surface area contributed by atoms with E-state index in [0.717, 1.165) is 15.1 Å². The second-order valence-electron chi connectivity index (χ2n) is 4.67. The van der Waals surface area contributed by atoms with Gasteiger partial charge >= 0.3 is 0 Å². The summed E-state index contributed by atoms with van der Waals surface area (Å²) in [4.78, 5) is 1.14. The Balaban J connectivity index is 1.94. The van der Waals surface area contributed by atoms with Crippen molar-refractivity contribution in [3.8, 4) is 5.75 Å². The van der Waals surface area contributed by atoms with Gasteiger partial charge in [0.1, 0.15) is 0 Å². The van der Waals surface area contributed by atoms with Crippen LogP contribution in [0.15, 0.2) is 51.8 Å². The van der Waals surface area contributed by atoms with Crippen LogP contribution < -0.4 is 10.5 Å². The van der Waals surface area contributed by atoms with E-state index >= 15 is 0 Å².